The van der Waals surface area contributed by atoms with Crippen molar-refractivity contribution in [1.29, 1.82) is 0 Å². The van der Waals surface area contributed by atoms with E-state index in [0.717, 1.165) is 11.0 Å². The average molecular weight is 282 g/mol. The first-order chi connectivity index (χ1) is 7.31. The summed E-state index contributed by atoms with van der Waals surface area (Å²) < 4.78 is 1.13. The second-order valence-corrected chi connectivity index (χ2v) is 5.01. The van der Waals surface area contributed by atoms with Crippen LogP contribution in [0.3, 0.4) is 0 Å². The number of benzene rings is 1. The first-order valence-electron chi connectivity index (χ1n) is 4.77. The molecule has 0 aliphatic rings. The Morgan fingerprint density at radius 3 is 2.93 bits per heavy atom. The molecule has 1 aromatic carbocycles. The molecule has 1 N–H and O–H groups in total. The van der Waals surface area contributed by atoms with Gasteiger partial charge in [-0.2, -0.15) is 11.3 Å². The molecule has 1 nitrogen and oxygen atoms in total. The fourth-order valence-electron chi connectivity index (χ4n) is 1.56. The zero-order chi connectivity index (χ0) is 10.7. The second kappa shape index (κ2) is 4.92. The average Bonchev–Trinajstić information content (AvgIpc) is 2.66. The molecule has 2 rings (SSSR count). The molecule has 1 aromatic heterocycles. The van der Waals surface area contributed by atoms with Gasteiger partial charge >= 0.3 is 0 Å². The van der Waals surface area contributed by atoms with Crippen molar-refractivity contribution >= 4 is 27.3 Å². The Morgan fingerprint density at radius 2 is 2.20 bits per heavy atom. The number of hydrogen-bond donors (Lipinski definition) is 1. The summed E-state index contributed by atoms with van der Waals surface area (Å²) in [6.45, 7) is 0.922. The van der Waals surface area contributed by atoms with Crippen molar-refractivity contribution in [2.75, 3.05) is 7.05 Å². The van der Waals surface area contributed by atoms with Crippen LogP contribution < -0.4 is 5.32 Å². The minimum Gasteiger partial charge on any atom is -0.316 e. The Balaban J connectivity index is 2.40. The van der Waals surface area contributed by atoms with Crippen LogP contribution in [0.25, 0.3) is 11.1 Å². The van der Waals surface area contributed by atoms with E-state index in [-0.39, 0.29) is 0 Å². The highest BCUT2D eigenvalue weighted by atomic mass is 79.9. The molecule has 78 valence electrons. The monoisotopic (exact) mass is 281 g/mol. The largest absolute Gasteiger partial charge is 0.316 e. The first kappa shape index (κ1) is 10.9. The maximum atomic E-state index is 3.50. The molecule has 0 aliphatic carbocycles. The maximum absolute atomic E-state index is 3.50. The van der Waals surface area contributed by atoms with Gasteiger partial charge in [0.1, 0.15) is 0 Å². The van der Waals surface area contributed by atoms with Crippen LogP contribution in [-0.4, -0.2) is 7.05 Å². The van der Waals surface area contributed by atoms with E-state index >= 15 is 0 Å². The van der Waals surface area contributed by atoms with Gasteiger partial charge in [0, 0.05) is 11.0 Å². The third-order valence-corrected chi connectivity index (χ3v) is 3.53. The number of nitrogens with one attached hydrogen (secondary N) is 1. The number of rotatable bonds is 3. The van der Waals surface area contributed by atoms with Crippen molar-refractivity contribution in [3.63, 3.8) is 0 Å². The molecule has 0 saturated heterocycles. The van der Waals surface area contributed by atoms with Crippen LogP contribution in [0.1, 0.15) is 5.56 Å². The van der Waals surface area contributed by atoms with Crippen LogP contribution in [-0.2, 0) is 6.54 Å². The van der Waals surface area contributed by atoms with Gasteiger partial charge in [-0.3, -0.25) is 0 Å². The Morgan fingerprint density at radius 1 is 1.33 bits per heavy atom. The van der Waals surface area contributed by atoms with E-state index in [1.54, 1.807) is 11.3 Å². The molecule has 0 amide bonds. The van der Waals surface area contributed by atoms with Gasteiger partial charge in [0.05, 0.1) is 0 Å². The van der Waals surface area contributed by atoms with Crippen molar-refractivity contribution in [3.8, 4) is 11.1 Å². The highest BCUT2D eigenvalue weighted by molar-refractivity contribution is 9.10. The van der Waals surface area contributed by atoms with Crippen LogP contribution in [0.4, 0.5) is 0 Å². The Labute approximate surface area is 102 Å². The summed E-state index contributed by atoms with van der Waals surface area (Å²) in [6, 6.07) is 8.42. The van der Waals surface area contributed by atoms with Gasteiger partial charge in [-0.1, -0.05) is 28.1 Å². The summed E-state index contributed by atoms with van der Waals surface area (Å²) >= 11 is 5.25. The number of thiophene rings is 1. The van der Waals surface area contributed by atoms with E-state index in [4.69, 9.17) is 0 Å². The normalized spacial score (nSPS) is 10.5. The quantitative estimate of drug-likeness (QED) is 0.900. The van der Waals surface area contributed by atoms with E-state index in [1.165, 1.54) is 16.7 Å². The zero-order valence-electron chi connectivity index (χ0n) is 8.46. The summed E-state index contributed by atoms with van der Waals surface area (Å²) in [4.78, 5) is 0. The van der Waals surface area contributed by atoms with Gasteiger partial charge in [0.25, 0.3) is 0 Å². The number of hydrogen-bond acceptors (Lipinski definition) is 2. The van der Waals surface area contributed by atoms with Gasteiger partial charge in [-0.05, 0) is 46.6 Å². The van der Waals surface area contributed by atoms with Gasteiger partial charge in [-0.25, -0.2) is 0 Å². The van der Waals surface area contributed by atoms with E-state index in [1.807, 2.05) is 13.1 Å². The van der Waals surface area contributed by atoms with Crippen LogP contribution >= 0.6 is 27.3 Å². The lowest BCUT2D eigenvalue weighted by Crippen LogP contribution is -2.04. The lowest BCUT2D eigenvalue weighted by atomic mass is 10.1. The highest BCUT2D eigenvalue weighted by Crippen LogP contribution is 2.29. The minimum atomic E-state index is 0.922. The smallest absolute Gasteiger partial charge is 0.0216 e. The van der Waals surface area contributed by atoms with Gasteiger partial charge < -0.3 is 5.32 Å². The standard InChI is InChI=1S/C12H12BrNS/c1-14-6-10-7-15-8-12(10)9-3-2-4-11(13)5-9/h2-5,7-8,14H,6H2,1H3. The Kier molecular flexibility index (Phi) is 3.57. The molecule has 0 atom stereocenters. The van der Waals surface area contributed by atoms with E-state index < -0.39 is 0 Å². The van der Waals surface area contributed by atoms with Crippen molar-refractivity contribution < 1.29 is 0 Å². The summed E-state index contributed by atoms with van der Waals surface area (Å²) in [7, 11) is 1.97. The lowest BCUT2D eigenvalue weighted by molar-refractivity contribution is 0.822. The summed E-state index contributed by atoms with van der Waals surface area (Å²) in [5.41, 5.74) is 3.96. The number of halogens is 1. The second-order valence-electron chi connectivity index (χ2n) is 3.35. The Bertz CT molecular complexity index is 450. The molecule has 0 spiro atoms. The first-order valence-corrected chi connectivity index (χ1v) is 6.50. The molecule has 1 heterocycles. The van der Waals surface area contributed by atoms with Crippen molar-refractivity contribution in [1.82, 2.24) is 5.32 Å². The molecule has 0 aliphatic heterocycles. The third kappa shape index (κ3) is 2.48. The fraction of sp³-hybridized carbons (Fsp3) is 0.167. The fourth-order valence-corrected chi connectivity index (χ4v) is 2.83. The minimum absolute atomic E-state index is 0.922. The summed E-state index contributed by atoms with van der Waals surface area (Å²) in [6.07, 6.45) is 0. The topological polar surface area (TPSA) is 12.0 Å². The van der Waals surface area contributed by atoms with Crippen molar-refractivity contribution in [3.05, 3.63) is 45.1 Å². The molecular formula is C12H12BrNS. The third-order valence-electron chi connectivity index (χ3n) is 2.24. The predicted octanol–water partition coefficient (Wildman–Crippen LogP) is 3.90. The predicted molar refractivity (Wildman–Crippen MR) is 70.2 cm³/mol. The van der Waals surface area contributed by atoms with Gasteiger partial charge in [0.15, 0.2) is 0 Å². The van der Waals surface area contributed by atoms with Gasteiger partial charge in [-0.15, -0.1) is 0 Å². The maximum Gasteiger partial charge on any atom is 0.0216 e. The lowest BCUT2D eigenvalue weighted by Gasteiger charge is -2.04. The van der Waals surface area contributed by atoms with Crippen LogP contribution in [0.15, 0.2) is 39.5 Å². The van der Waals surface area contributed by atoms with E-state index in [0.29, 0.717) is 0 Å². The SMILES string of the molecule is CNCc1cscc1-c1cccc(Br)c1. The zero-order valence-corrected chi connectivity index (χ0v) is 10.9. The molecular weight excluding hydrogens is 270 g/mol. The molecule has 0 radical (unpaired) electrons. The molecule has 15 heavy (non-hydrogen) atoms. The summed E-state index contributed by atoms with van der Waals surface area (Å²) in [5.74, 6) is 0. The van der Waals surface area contributed by atoms with E-state index in [9.17, 15) is 0 Å². The molecule has 0 unspecified atom stereocenters. The van der Waals surface area contributed by atoms with Crippen molar-refractivity contribution in [2.24, 2.45) is 0 Å². The van der Waals surface area contributed by atoms with Crippen LogP contribution in [0.5, 0.6) is 0 Å². The van der Waals surface area contributed by atoms with Crippen molar-refractivity contribution in [2.45, 2.75) is 6.54 Å². The Hall–Kier alpha value is -0.640. The van der Waals surface area contributed by atoms with Crippen LogP contribution in [0, 0.1) is 0 Å². The van der Waals surface area contributed by atoms with E-state index in [2.05, 4.69) is 50.2 Å². The summed E-state index contributed by atoms with van der Waals surface area (Å²) in [5, 5.41) is 7.59. The molecule has 0 bridgehead atoms. The molecule has 2 aromatic rings. The molecule has 0 fully saturated rings. The van der Waals surface area contributed by atoms with Crippen LogP contribution in [0.2, 0.25) is 0 Å². The highest BCUT2D eigenvalue weighted by Gasteiger charge is 2.05. The molecule has 3 heteroatoms. The van der Waals surface area contributed by atoms with Gasteiger partial charge in [0.2, 0.25) is 0 Å². The molecule has 0 saturated carbocycles.